The molecule has 0 N–H and O–H groups in total. The van der Waals surface area contributed by atoms with Crippen LogP contribution in [0, 0.1) is 0 Å². The Morgan fingerprint density at radius 1 is 1.69 bits per heavy atom. The Kier molecular flexibility index (Phi) is 4.34. The molecule has 1 atom stereocenters. The summed E-state index contributed by atoms with van der Waals surface area (Å²) in [4.78, 5) is 3.28. The SMILES string of the molecule is C=CC1=C(/C=C\C)SC(OI)N1C. The fourth-order valence-corrected chi connectivity index (χ4v) is 2.87. The molecule has 0 aromatic carbocycles. The minimum Gasteiger partial charge on any atom is -0.339 e. The van der Waals surface area contributed by atoms with Crippen molar-refractivity contribution in [2.24, 2.45) is 0 Å². The van der Waals surface area contributed by atoms with E-state index in [0.717, 1.165) is 5.70 Å². The summed E-state index contributed by atoms with van der Waals surface area (Å²) in [7, 11) is 2.00. The van der Waals surface area contributed by atoms with Gasteiger partial charge in [0.2, 0.25) is 0 Å². The largest absolute Gasteiger partial charge is 0.339 e. The summed E-state index contributed by atoms with van der Waals surface area (Å²) in [5.41, 5.74) is 1.20. The molecule has 0 saturated heterocycles. The second-order valence-electron chi connectivity index (χ2n) is 2.58. The minimum atomic E-state index is 0.0693. The van der Waals surface area contributed by atoms with Crippen molar-refractivity contribution in [2.75, 3.05) is 7.05 Å². The average Bonchev–Trinajstić information content (AvgIpc) is 2.43. The van der Waals surface area contributed by atoms with E-state index in [1.54, 1.807) is 11.8 Å². The molecular weight excluding hydrogens is 297 g/mol. The van der Waals surface area contributed by atoms with Crippen LogP contribution >= 0.6 is 34.8 Å². The zero-order chi connectivity index (χ0) is 9.84. The Morgan fingerprint density at radius 2 is 2.38 bits per heavy atom. The summed E-state index contributed by atoms with van der Waals surface area (Å²) in [5, 5.41) is 0. The molecule has 0 aliphatic carbocycles. The van der Waals surface area contributed by atoms with Crippen LogP contribution in [0.25, 0.3) is 0 Å². The molecule has 0 fully saturated rings. The molecule has 0 bridgehead atoms. The smallest absolute Gasteiger partial charge is 0.194 e. The van der Waals surface area contributed by atoms with Crippen molar-refractivity contribution in [1.82, 2.24) is 4.90 Å². The Labute approximate surface area is 97.4 Å². The third-order valence-electron chi connectivity index (χ3n) is 1.76. The number of likely N-dealkylation sites (N-methyl/N-ethyl adjacent to an activating group) is 1. The van der Waals surface area contributed by atoms with Crippen LogP contribution in [0.1, 0.15) is 6.92 Å². The lowest BCUT2D eigenvalue weighted by Crippen LogP contribution is -2.22. The van der Waals surface area contributed by atoms with Crippen LogP contribution < -0.4 is 0 Å². The highest BCUT2D eigenvalue weighted by Crippen LogP contribution is 2.39. The van der Waals surface area contributed by atoms with Gasteiger partial charge in [-0.1, -0.05) is 30.5 Å². The molecule has 0 aromatic heterocycles. The zero-order valence-electron chi connectivity index (χ0n) is 7.66. The van der Waals surface area contributed by atoms with Crippen LogP contribution in [0.3, 0.4) is 0 Å². The van der Waals surface area contributed by atoms with Crippen molar-refractivity contribution in [3.8, 4) is 0 Å². The summed E-state index contributed by atoms with van der Waals surface area (Å²) >= 11 is 3.62. The van der Waals surface area contributed by atoms with Gasteiger partial charge in [-0.05, 0) is 13.0 Å². The number of allylic oxidation sites excluding steroid dienone is 3. The van der Waals surface area contributed by atoms with Gasteiger partial charge in [0.15, 0.2) is 5.56 Å². The summed E-state index contributed by atoms with van der Waals surface area (Å²) in [6.07, 6.45) is 5.96. The van der Waals surface area contributed by atoms with Crippen molar-refractivity contribution in [1.29, 1.82) is 0 Å². The number of rotatable bonds is 3. The molecule has 0 aromatic rings. The van der Waals surface area contributed by atoms with E-state index >= 15 is 0 Å². The van der Waals surface area contributed by atoms with E-state index in [-0.39, 0.29) is 5.56 Å². The molecule has 1 aliphatic heterocycles. The van der Waals surface area contributed by atoms with Crippen LogP contribution in [0.2, 0.25) is 0 Å². The van der Waals surface area contributed by atoms with E-state index in [1.807, 2.05) is 49.1 Å². The molecule has 0 amide bonds. The molecule has 2 nitrogen and oxygen atoms in total. The lowest BCUT2D eigenvalue weighted by molar-refractivity contribution is 0.216. The molecule has 13 heavy (non-hydrogen) atoms. The number of hydrogen-bond acceptors (Lipinski definition) is 3. The maximum absolute atomic E-state index is 5.27. The zero-order valence-corrected chi connectivity index (χ0v) is 10.6. The summed E-state index contributed by atoms with van der Waals surface area (Å²) in [5.74, 6) is 0. The molecular formula is C9H12INOS. The third kappa shape index (κ3) is 2.30. The highest BCUT2D eigenvalue weighted by atomic mass is 127. The van der Waals surface area contributed by atoms with Gasteiger partial charge in [-0.2, -0.15) is 0 Å². The van der Waals surface area contributed by atoms with Crippen LogP contribution in [0.5, 0.6) is 0 Å². The van der Waals surface area contributed by atoms with Crippen LogP contribution in [0.4, 0.5) is 0 Å². The summed E-state index contributed by atoms with van der Waals surface area (Å²) < 4.78 is 5.27. The first-order valence-corrected chi connectivity index (χ1v) is 5.67. The van der Waals surface area contributed by atoms with Crippen molar-refractivity contribution in [3.05, 3.63) is 35.4 Å². The van der Waals surface area contributed by atoms with Gasteiger partial charge < -0.3 is 4.90 Å². The quantitative estimate of drug-likeness (QED) is 0.742. The molecule has 0 spiro atoms. The first kappa shape index (κ1) is 11.1. The second kappa shape index (κ2) is 5.07. The van der Waals surface area contributed by atoms with Gasteiger partial charge in [-0.25, -0.2) is 0 Å². The van der Waals surface area contributed by atoms with Crippen LogP contribution in [-0.2, 0) is 3.07 Å². The van der Waals surface area contributed by atoms with Gasteiger partial charge in [0, 0.05) is 12.0 Å². The molecule has 1 unspecified atom stereocenters. The van der Waals surface area contributed by atoms with Crippen molar-refractivity contribution in [3.63, 3.8) is 0 Å². The maximum Gasteiger partial charge on any atom is 0.194 e. The van der Waals surface area contributed by atoms with Crippen LogP contribution in [0.15, 0.2) is 35.4 Å². The van der Waals surface area contributed by atoms with Gasteiger partial charge in [0.05, 0.1) is 5.70 Å². The number of halogens is 1. The Hall–Kier alpha value is 0.0600. The van der Waals surface area contributed by atoms with Gasteiger partial charge in [-0.15, -0.1) is 0 Å². The maximum atomic E-state index is 5.27. The highest BCUT2D eigenvalue weighted by molar-refractivity contribution is 14.1. The summed E-state index contributed by atoms with van der Waals surface area (Å²) in [6.45, 7) is 5.80. The van der Waals surface area contributed by atoms with Crippen molar-refractivity contribution < 1.29 is 3.07 Å². The molecule has 1 heterocycles. The summed E-state index contributed by atoms with van der Waals surface area (Å²) in [6, 6.07) is 0. The molecule has 72 valence electrons. The Bertz CT molecular complexity index is 262. The van der Waals surface area contributed by atoms with Crippen molar-refractivity contribution in [2.45, 2.75) is 12.5 Å². The average molecular weight is 309 g/mol. The molecule has 1 rings (SSSR count). The Morgan fingerprint density at radius 3 is 2.85 bits per heavy atom. The van der Waals surface area contributed by atoms with E-state index in [1.165, 1.54) is 4.91 Å². The predicted octanol–water partition coefficient (Wildman–Crippen LogP) is 3.29. The molecule has 4 heteroatoms. The van der Waals surface area contributed by atoms with E-state index in [4.69, 9.17) is 3.07 Å². The fraction of sp³-hybridized carbons (Fsp3) is 0.333. The first-order chi connectivity index (χ1) is 6.24. The number of hydrogen-bond donors (Lipinski definition) is 0. The van der Waals surface area contributed by atoms with Crippen LogP contribution in [-0.4, -0.2) is 17.5 Å². The van der Waals surface area contributed by atoms with Gasteiger partial charge in [-0.3, -0.25) is 3.07 Å². The lowest BCUT2D eigenvalue weighted by atomic mass is 10.3. The second-order valence-corrected chi connectivity index (χ2v) is 4.17. The van der Waals surface area contributed by atoms with Gasteiger partial charge in [0.1, 0.15) is 23.0 Å². The predicted molar refractivity (Wildman–Crippen MR) is 66.3 cm³/mol. The standard InChI is InChI=1S/C9H12INOS/c1-4-6-8-7(5-2)11(3)9(12-10)13-8/h4-6,9H,2H2,1,3H3/b6-4-. The minimum absolute atomic E-state index is 0.0693. The number of nitrogens with zero attached hydrogens (tertiary/aromatic N) is 1. The molecule has 0 radical (unpaired) electrons. The molecule has 1 aliphatic rings. The first-order valence-electron chi connectivity index (χ1n) is 3.91. The fourth-order valence-electron chi connectivity index (χ4n) is 1.13. The molecule has 0 saturated carbocycles. The van der Waals surface area contributed by atoms with E-state index < -0.39 is 0 Å². The van der Waals surface area contributed by atoms with Gasteiger partial charge >= 0.3 is 0 Å². The van der Waals surface area contributed by atoms with E-state index in [2.05, 4.69) is 17.6 Å². The van der Waals surface area contributed by atoms with E-state index in [9.17, 15) is 0 Å². The number of thioether (sulfide) groups is 1. The van der Waals surface area contributed by atoms with E-state index in [0.29, 0.717) is 0 Å². The highest BCUT2D eigenvalue weighted by Gasteiger charge is 2.27. The van der Waals surface area contributed by atoms with Crippen molar-refractivity contribution >= 4 is 34.8 Å². The lowest BCUT2D eigenvalue weighted by Gasteiger charge is -2.19. The monoisotopic (exact) mass is 309 g/mol. The third-order valence-corrected chi connectivity index (χ3v) is 3.80. The van der Waals surface area contributed by atoms with Gasteiger partial charge in [0.25, 0.3) is 0 Å². The topological polar surface area (TPSA) is 12.5 Å². The normalized spacial score (nSPS) is 23.3. The Balaban J connectivity index is 2.89.